The molecule has 0 radical (unpaired) electrons. The molecule has 4 heteroatoms. The Morgan fingerprint density at radius 1 is 1.26 bits per heavy atom. The van der Waals surface area contributed by atoms with Gasteiger partial charge in [0.25, 0.3) is 0 Å². The largest absolute Gasteiger partial charge is 0.391 e. The molecule has 0 spiro atoms. The highest BCUT2D eigenvalue weighted by Gasteiger charge is 2.41. The van der Waals surface area contributed by atoms with Crippen molar-refractivity contribution in [3.63, 3.8) is 0 Å². The molecule has 0 amide bonds. The van der Waals surface area contributed by atoms with E-state index in [0.29, 0.717) is 13.1 Å². The number of alkyl halides is 3. The van der Waals surface area contributed by atoms with Crippen molar-refractivity contribution in [2.45, 2.75) is 25.9 Å². The number of hydrogen-bond acceptors (Lipinski definition) is 1. The zero-order valence-electron chi connectivity index (χ0n) is 10.8. The van der Waals surface area contributed by atoms with E-state index >= 15 is 0 Å². The molecule has 1 heterocycles. The molecule has 0 aromatic heterocycles. The SMILES string of the molecule is C#Cc1ccc(N2CCC(C(F)(F)F)CC2)cc1C. The summed E-state index contributed by atoms with van der Waals surface area (Å²) in [6.45, 7) is 2.80. The molecule has 2 rings (SSSR count). The van der Waals surface area contributed by atoms with Gasteiger partial charge >= 0.3 is 6.18 Å². The van der Waals surface area contributed by atoms with Crippen molar-refractivity contribution in [3.05, 3.63) is 29.3 Å². The first kappa shape index (κ1) is 13.8. The highest BCUT2D eigenvalue weighted by molar-refractivity contribution is 5.54. The summed E-state index contributed by atoms with van der Waals surface area (Å²) in [4.78, 5) is 2.00. The van der Waals surface area contributed by atoms with Gasteiger partial charge in [-0.1, -0.05) is 5.92 Å². The standard InChI is InChI=1S/C15H16F3N/c1-3-12-4-5-14(10-11(12)2)19-8-6-13(7-9-19)15(16,17)18/h1,4-5,10,13H,6-9H2,2H3. The van der Waals surface area contributed by atoms with Gasteiger partial charge in [-0.2, -0.15) is 13.2 Å². The summed E-state index contributed by atoms with van der Waals surface area (Å²) in [6, 6.07) is 5.68. The number of piperidine rings is 1. The smallest absolute Gasteiger partial charge is 0.371 e. The van der Waals surface area contributed by atoms with Crippen LogP contribution in [0.3, 0.4) is 0 Å². The molecule has 0 unspecified atom stereocenters. The van der Waals surface area contributed by atoms with E-state index in [1.807, 2.05) is 30.0 Å². The van der Waals surface area contributed by atoms with Gasteiger partial charge in [0.2, 0.25) is 0 Å². The first-order valence-electron chi connectivity index (χ1n) is 6.30. The number of hydrogen-bond donors (Lipinski definition) is 0. The lowest BCUT2D eigenvalue weighted by atomic mass is 9.95. The van der Waals surface area contributed by atoms with E-state index in [-0.39, 0.29) is 12.8 Å². The summed E-state index contributed by atoms with van der Waals surface area (Å²) in [5.41, 5.74) is 2.77. The van der Waals surface area contributed by atoms with E-state index in [4.69, 9.17) is 6.42 Å². The summed E-state index contributed by atoms with van der Waals surface area (Å²) >= 11 is 0. The van der Waals surface area contributed by atoms with Gasteiger partial charge in [-0.05, 0) is 43.5 Å². The minimum absolute atomic E-state index is 0.166. The molecule has 1 aromatic rings. The Kier molecular flexibility index (Phi) is 3.75. The second-order valence-electron chi connectivity index (χ2n) is 4.95. The zero-order chi connectivity index (χ0) is 14.0. The topological polar surface area (TPSA) is 3.24 Å². The summed E-state index contributed by atoms with van der Waals surface area (Å²) in [7, 11) is 0. The van der Waals surface area contributed by atoms with Gasteiger partial charge in [0.1, 0.15) is 0 Å². The van der Waals surface area contributed by atoms with Crippen LogP contribution < -0.4 is 4.90 Å². The number of benzene rings is 1. The third kappa shape index (κ3) is 3.04. The van der Waals surface area contributed by atoms with Crippen LogP contribution in [-0.4, -0.2) is 19.3 Å². The maximum absolute atomic E-state index is 12.6. The predicted molar refractivity (Wildman–Crippen MR) is 70.1 cm³/mol. The summed E-state index contributed by atoms with van der Waals surface area (Å²) in [5.74, 6) is 1.43. The van der Waals surface area contributed by atoms with Crippen molar-refractivity contribution in [2.24, 2.45) is 5.92 Å². The molecule has 0 bridgehead atoms. The molecule has 102 valence electrons. The van der Waals surface area contributed by atoms with Crippen LogP contribution in [-0.2, 0) is 0 Å². The van der Waals surface area contributed by atoms with E-state index in [9.17, 15) is 13.2 Å². The molecule has 1 nitrogen and oxygen atoms in total. The van der Waals surface area contributed by atoms with Gasteiger partial charge < -0.3 is 4.90 Å². The first-order valence-corrected chi connectivity index (χ1v) is 6.30. The Balaban J connectivity index is 2.06. The van der Waals surface area contributed by atoms with Crippen LogP contribution in [0, 0.1) is 25.2 Å². The lowest BCUT2D eigenvalue weighted by Crippen LogP contribution is -2.39. The molecule has 1 aliphatic rings. The highest BCUT2D eigenvalue weighted by atomic mass is 19.4. The fourth-order valence-electron chi connectivity index (χ4n) is 2.47. The third-order valence-corrected chi connectivity index (χ3v) is 3.69. The van der Waals surface area contributed by atoms with Crippen molar-refractivity contribution in [1.29, 1.82) is 0 Å². The molecule has 0 N–H and O–H groups in total. The zero-order valence-corrected chi connectivity index (χ0v) is 10.8. The monoisotopic (exact) mass is 267 g/mol. The maximum atomic E-state index is 12.6. The molecule has 0 saturated carbocycles. The second-order valence-corrected chi connectivity index (χ2v) is 4.95. The minimum atomic E-state index is -4.06. The molecule has 0 aliphatic carbocycles. The summed E-state index contributed by atoms with van der Waals surface area (Å²) in [6.07, 6.45) is 1.63. The van der Waals surface area contributed by atoms with Crippen LogP contribution in [0.1, 0.15) is 24.0 Å². The number of nitrogens with zero attached hydrogens (tertiary/aromatic N) is 1. The van der Waals surface area contributed by atoms with Crippen LogP contribution in [0.25, 0.3) is 0 Å². The van der Waals surface area contributed by atoms with Gasteiger partial charge in [-0.3, -0.25) is 0 Å². The molecule has 1 aliphatic heterocycles. The van der Waals surface area contributed by atoms with Gasteiger partial charge in [-0.15, -0.1) is 6.42 Å². The van der Waals surface area contributed by atoms with Crippen LogP contribution in [0.5, 0.6) is 0 Å². The minimum Gasteiger partial charge on any atom is -0.371 e. The van der Waals surface area contributed by atoms with Crippen molar-refractivity contribution in [3.8, 4) is 12.3 Å². The van der Waals surface area contributed by atoms with Crippen LogP contribution in [0.15, 0.2) is 18.2 Å². The van der Waals surface area contributed by atoms with Crippen LogP contribution in [0.2, 0.25) is 0 Å². The van der Waals surface area contributed by atoms with Crippen LogP contribution in [0.4, 0.5) is 18.9 Å². The molecular weight excluding hydrogens is 251 g/mol. The molecule has 0 atom stereocenters. The van der Waals surface area contributed by atoms with Gasteiger partial charge in [0.05, 0.1) is 5.92 Å². The Labute approximate surface area is 111 Å². The predicted octanol–water partition coefficient (Wildman–Crippen LogP) is 3.76. The van der Waals surface area contributed by atoms with Crippen molar-refractivity contribution in [2.75, 3.05) is 18.0 Å². The summed E-state index contributed by atoms with van der Waals surface area (Å²) in [5, 5.41) is 0. The van der Waals surface area contributed by atoms with Gasteiger partial charge in [-0.25, -0.2) is 0 Å². The van der Waals surface area contributed by atoms with E-state index in [1.165, 1.54) is 0 Å². The van der Waals surface area contributed by atoms with E-state index in [0.717, 1.165) is 16.8 Å². The Hall–Kier alpha value is -1.63. The average molecular weight is 267 g/mol. The average Bonchev–Trinajstić information content (AvgIpc) is 2.38. The summed E-state index contributed by atoms with van der Waals surface area (Å²) < 4.78 is 37.8. The van der Waals surface area contributed by atoms with Gasteiger partial charge in [0.15, 0.2) is 0 Å². The number of halogens is 3. The van der Waals surface area contributed by atoms with Crippen molar-refractivity contribution < 1.29 is 13.2 Å². The first-order chi connectivity index (χ1) is 8.91. The number of terminal acetylenes is 1. The fourth-order valence-corrected chi connectivity index (χ4v) is 2.47. The lowest BCUT2D eigenvalue weighted by Gasteiger charge is -2.34. The van der Waals surface area contributed by atoms with E-state index in [2.05, 4.69) is 5.92 Å². The molecule has 19 heavy (non-hydrogen) atoms. The molecule has 1 fully saturated rings. The number of rotatable bonds is 1. The number of anilines is 1. The van der Waals surface area contributed by atoms with Crippen molar-refractivity contribution >= 4 is 5.69 Å². The normalized spacial score (nSPS) is 17.3. The highest BCUT2D eigenvalue weighted by Crippen LogP contribution is 2.35. The Bertz CT molecular complexity index is 491. The second kappa shape index (κ2) is 5.16. The third-order valence-electron chi connectivity index (χ3n) is 3.69. The Morgan fingerprint density at radius 3 is 2.37 bits per heavy atom. The maximum Gasteiger partial charge on any atom is 0.391 e. The van der Waals surface area contributed by atoms with E-state index < -0.39 is 12.1 Å². The lowest BCUT2D eigenvalue weighted by molar-refractivity contribution is -0.179. The molecular formula is C15H16F3N. The molecule has 1 saturated heterocycles. The fraction of sp³-hybridized carbons (Fsp3) is 0.467. The van der Waals surface area contributed by atoms with Crippen molar-refractivity contribution in [1.82, 2.24) is 0 Å². The van der Waals surface area contributed by atoms with Gasteiger partial charge in [0, 0.05) is 24.3 Å². The Morgan fingerprint density at radius 2 is 1.89 bits per heavy atom. The number of aryl methyl sites for hydroxylation is 1. The molecule has 1 aromatic carbocycles. The van der Waals surface area contributed by atoms with Crippen LogP contribution >= 0.6 is 0 Å². The quantitative estimate of drug-likeness (QED) is 0.700. The van der Waals surface area contributed by atoms with E-state index in [1.54, 1.807) is 0 Å².